The van der Waals surface area contributed by atoms with E-state index in [-0.39, 0.29) is 30.9 Å². The van der Waals surface area contributed by atoms with Gasteiger partial charge in [0.1, 0.15) is 5.00 Å². The van der Waals surface area contributed by atoms with Crippen molar-refractivity contribution in [1.82, 2.24) is 5.32 Å². The maximum Gasteiger partial charge on any atom is 0.341 e. The van der Waals surface area contributed by atoms with Crippen molar-refractivity contribution in [1.29, 1.82) is 0 Å². The van der Waals surface area contributed by atoms with E-state index in [4.69, 9.17) is 4.74 Å². The normalized spacial score (nSPS) is 16.8. The first kappa shape index (κ1) is 22.4. The minimum Gasteiger partial charge on any atom is -0.462 e. The Labute approximate surface area is 170 Å². The van der Waals surface area contributed by atoms with Gasteiger partial charge in [0.25, 0.3) is 11.8 Å². The van der Waals surface area contributed by atoms with Crippen molar-refractivity contribution < 1.29 is 24.0 Å². The molecule has 156 valence electrons. The molecule has 0 aliphatic heterocycles. The van der Waals surface area contributed by atoms with Crippen molar-refractivity contribution in [3.8, 4) is 0 Å². The van der Waals surface area contributed by atoms with E-state index < -0.39 is 0 Å². The van der Waals surface area contributed by atoms with Gasteiger partial charge in [-0.05, 0) is 51.5 Å². The third kappa shape index (κ3) is 5.78. The summed E-state index contributed by atoms with van der Waals surface area (Å²) in [6.07, 6.45) is 2.79. The highest BCUT2D eigenvalue weighted by Crippen LogP contribution is 2.40. The highest BCUT2D eigenvalue weighted by atomic mass is 32.1. The van der Waals surface area contributed by atoms with Crippen LogP contribution >= 0.6 is 11.3 Å². The van der Waals surface area contributed by atoms with E-state index >= 15 is 0 Å². The molecule has 2 atom stereocenters. The lowest BCUT2D eigenvalue weighted by atomic mass is 9.88. The van der Waals surface area contributed by atoms with E-state index in [9.17, 15) is 14.4 Å². The van der Waals surface area contributed by atoms with Gasteiger partial charge >= 0.3 is 5.97 Å². The largest absolute Gasteiger partial charge is 0.462 e. The predicted molar refractivity (Wildman–Crippen MR) is 110 cm³/mol. The number of hydrogen-bond acceptors (Lipinski definition) is 5. The molecule has 1 aromatic heterocycles. The number of nitrogens with one attached hydrogen (secondary N) is 3. The molecule has 0 saturated carbocycles. The molecule has 7 nitrogen and oxygen atoms in total. The van der Waals surface area contributed by atoms with Crippen molar-refractivity contribution >= 4 is 34.1 Å². The standard InChI is InChI=1S/C20H31N3O4S/c1-5-21-16(24)11-23(6-2)12-17(25)22-19-18(20(26)27-7-3)14-9-8-13(4)10-15(14)28-19/h13H,5-12H2,1-4H3,(H,21,24)(H,22,25)/p+1/t13-/m0/s1. The third-order valence-electron chi connectivity index (χ3n) is 4.94. The van der Waals surface area contributed by atoms with E-state index in [1.807, 2.05) is 13.8 Å². The van der Waals surface area contributed by atoms with Crippen LogP contribution in [-0.4, -0.2) is 50.6 Å². The Balaban J connectivity index is 2.14. The minimum absolute atomic E-state index is 0.0695. The lowest BCUT2D eigenvalue weighted by Gasteiger charge is -2.18. The molecular formula is C20H32N3O4S+. The number of fused-ring (bicyclic) bond motifs is 1. The lowest BCUT2D eigenvalue weighted by Crippen LogP contribution is -3.14. The maximum atomic E-state index is 12.6. The van der Waals surface area contributed by atoms with E-state index in [0.29, 0.717) is 36.2 Å². The van der Waals surface area contributed by atoms with Crippen LogP contribution in [0.3, 0.4) is 0 Å². The molecule has 1 aliphatic rings. The van der Waals surface area contributed by atoms with E-state index in [1.165, 1.54) is 16.2 Å². The molecule has 0 radical (unpaired) electrons. The highest BCUT2D eigenvalue weighted by Gasteiger charge is 2.29. The average Bonchev–Trinajstić information content (AvgIpc) is 2.98. The predicted octanol–water partition coefficient (Wildman–Crippen LogP) is 1.03. The Morgan fingerprint density at radius 1 is 1.18 bits per heavy atom. The van der Waals surface area contributed by atoms with E-state index in [0.717, 1.165) is 29.7 Å². The van der Waals surface area contributed by atoms with Crippen LogP contribution in [0.25, 0.3) is 0 Å². The van der Waals surface area contributed by atoms with Gasteiger partial charge in [-0.15, -0.1) is 11.3 Å². The number of esters is 1. The zero-order valence-electron chi connectivity index (χ0n) is 17.3. The van der Waals surface area contributed by atoms with Gasteiger partial charge in [0.05, 0.1) is 18.7 Å². The lowest BCUT2D eigenvalue weighted by molar-refractivity contribution is -0.881. The number of hydrogen-bond donors (Lipinski definition) is 3. The fourth-order valence-corrected chi connectivity index (χ4v) is 4.87. The second kappa shape index (κ2) is 10.6. The number of amides is 2. The summed E-state index contributed by atoms with van der Waals surface area (Å²) in [4.78, 5) is 39.0. The van der Waals surface area contributed by atoms with Crippen LogP contribution in [0.2, 0.25) is 0 Å². The maximum absolute atomic E-state index is 12.6. The molecule has 1 heterocycles. The van der Waals surface area contributed by atoms with Crippen molar-refractivity contribution in [3.05, 3.63) is 16.0 Å². The Morgan fingerprint density at radius 2 is 1.89 bits per heavy atom. The first-order chi connectivity index (χ1) is 13.4. The minimum atomic E-state index is -0.369. The summed E-state index contributed by atoms with van der Waals surface area (Å²) in [7, 11) is 0. The molecule has 3 N–H and O–H groups in total. The molecule has 0 saturated heterocycles. The summed E-state index contributed by atoms with van der Waals surface area (Å²) in [5.74, 6) is -0.0630. The van der Waals surface area contributed by atoms with Crippen LogP contribution in [0.15, 0.2) is 0 Å². The molecule has 0 fully saturated rings. The second-order valence-electron chi connectivity index (χ2n) is 7.24. The zero-order chi connectivity index (χ0) is 20.7. The van der Waals surface area contributed by atoms with Crippen LogP contribution in [0, 0.1) is 5.92 Å². The number of carbonyl (C=O) groups is 3. The number of rotatable bonds is 9. The number of thiophene rings is 1. The summed E-state index contributed by atoms with van der Waals surface area (Å²) in [6.45, 7) is 9.75. The SMILES string of the molecule is CCNC(=O)C[NH+](CC)CC(=O)Nc1sc2c(c1C(=O)OCC)CC[C@H](C)C2. The number of likely N-dealkylation sites (N-methyl/N-ethyl adjacent to an activating group) is 2. The number of ether oxygens (including phenoxy) is 1. The zero-order valence-corrected chi connectivity index (χ0v) is 18.1. The molecule has 2 amide bonds. The van der Waals surface area contributed by atoms with E-state index in [1.54, 1.807) is 6.92 Å². The monoisotopic (exact) mass is 410 g/mol. The first-order valence-corrected chi connectivity index (χ1v) is 10.9. The second-order valence-corrected chi connectivity index (χ2v) is 8.34. The Morgan fingerprint density at radius 3 is 2.54 bits per heavy atom. The van der Waals surface area contributed by atoms with Gasteiger partial charge < -0.3 is 20.3 Å². The highest BCUT2D eigenvalue weighted by molar-refractivity contribution is 7.17. The van der Waals surface area contributed by atoms with Crippen molar-refractivity contribution in [2.24, 2.45) is 5.92 Å². The molecule has 8 heteroatoms. The van der Waals surface area contributed by atoms with Crippen molar-refractivity contribution in [2.75, 3.05) is 38.1 Å². The van der Waals surface area contributed by atoms with Gasteiger partial charge in [0.15, 0.2) is 13.1 Å². The van der Waals surface area contributed by atoms with Crippen LogP contribution in [0.4, 0.5) is 5.00 Å². The Kier molecular flexibility index (Phi) is 8.44. The molecule has 2 rings (SSSR count). The topological polar surface area (TPSA) is 88.9 Å². The number of carbonyl (C=O) groups excluding carboxylic acids is 3. The molecule has 0 aromatic carbocycles. The van der Waals surface area contributed by atoms with Gasteiger partial charge in [0, 0.05) is 11.4 Å². The smallest absolute Gasteiger partial charge is 0.341 e. The van der Waals surface area contributed by atoms with Crippen LogP contribution in [0.5, 0.6) is 0 Å². The molecule has 1 unspecified atom stereocenters. The summed E-state index contributed by atoms with van der Waals surface area (Å²) >= 11 is 1.48. The molecule has 0 bridgehead atoms. The van der Waals surface area contributed by atoms with Gasteiger partial charge in [-0.1, -0.05) is 6.92 Å². The van der Waals surface area contributed by atoms with Crippen molar-refractivity contribution in [3.63, 3.8) is 0 Å². The summed E-state index contributed by atoms with van der Waals surface area (Å²) in [5, 5.41) is 6.26. The van der Waals surface area contributed by atoms with E-state index in [2.05, 4.69) is 17.6 Å². The quantitative estimate of drug-likeness (QED) is 0.531. The Hall–Kier alpha value is -1.93. The van der Waals surface area contributed by atoms with Crippen LogP contribution < -0.4 is 15.5 Å². The average molecular weight is 411 g/mol. The van der Waals surface area contributed by atoms with Crippen molar-refractivity contribution in [2.45, 2.75) is 47.0 Å². The molecule has 1 aromatic rings. The van der Waals surface area contributed by atoms with Crippen LogP contribution in [0.1, 0.15) is 54.9 Å². The summed E-state index contributed by atoms with van der Waals surface area (Å²) < 4.78 is 5.24. The van der Waals surface area contributed by atoms with Gasteiger partial charge in [-0.25, -0.2) is 4.79 Å². The first-order valence-electron chi connectivity index (χ1n) is 10.1. The molecular weight excluding hydrogens is 378 g/mol. The number of anilines is 1. The third-order valence-corrected chi connectivity index (χ3v) is 6.11. The summed E-state index contributed by atoms with van der Waals surface area (Å²) in [5.41, 5.74) is 1.54. The molecule has 0 spiro atoms. The van der Waals surface area contributed by atoms with Crippen LogP contribution in [-0.2, 0) is 27.2 Å². The molecule has 28 heavy (non-hydrogen) atoms. The molecule has 1 aliphatic carbocycles. The fraction of sp³-hybridized carbons (Fsp3) is 0.650. The van der Waals surface area contributed by atoms with Gasteiger partial charge in [-0.3, -0.25) is 9.59 Å². The number of quaternary nitrogens is 1. The Bertz CT molecular complexity index is 717. The van der Waals surface area contributed by atoms with Gasteiger partial charge in [0.2, 0.25) is 0 Å². The fourth-order valence-electron chi connectivity index (χ4n) is 3.46. The summed E-state index contributed by atoms with van der Waals surface area (Å²) in [6, 6.07) is 0. The van der Waals surface area contributed by atoms with Gasteiger partial charge in [-0.2, -0.15) is 0 Å².